The SMILES string of the molecule is CCC(C)C[C@@H](N)[C@H](O)c1ccc(OC)cc1.CCCCCC. The Hall–Kier alpha value is -1.06. The van der Waals surface area contributed by atoms with Crippen LogP contribution in [0.4, 0.5) is 0 Å². The lowest BCUT2D eigenvalue weighted by Gasteiger charge is -2.22. The predicted octanol–water partition coefficient (Wildman–Crippen LogP) is 5.08. The molecule has 0 spiro atoms. The summed E-state index contributed by atoms with van der Waals surface area (Å²) in [7, 11) is 1.63. The Labute approximate surface area is 143 Å². The molecule has 0 aliphatic carbocycles. The lowest BCUT2D eigenvalue weighted by Crippen LogP contribution is -2.30. The van der Waals surface area contributed by atoms with Crippen LogP contribution in [-0.2, 0) is 0 Å². The number of benzene rings is 1. The Morgan fingerprint density at radius 2 is 1.57 bits per heavy atom. The van der Waals surface area contributed by atoms with Crippen LogP contribution in [0.2, 0.25) is 0 Å². The molecule has 0 saturated heterocycles. The van der Waals surface area contributed by atoms with Crippen molar-refractivity contribution in [3.63, 3.8) is 0 Å². The summed E-state index contributed by atoms with van der Waals surface area (Å²) >= 11 is 0. The molecule has 1 aromatic rings. The zero-order chi connectivity index (χ0) is 17.7. The zero-order valence-corrected chi connectivity index (χ0v) is 15.7. The first kappa shape index (κ1) is 21.9. The molecule has 0 amide bonds. The maximum atomic E-state index is 10.1. The van der Waals surface area contributed by atoms with Crippen LogP contribution in [-0.4, -0.2) is 18.3 Å². The van der Waals surface area contributed by atoms with Crippen LogP contribution >= 0.6 is 0 Å². The minimum absolute atomic E-state index is 0.210. The molecular formula is C20H37NO2. The molecule has 0 saturated carbocycles. The summed E-state index contributed by atoms with van der Waals surface area (Å²) in [5.74, 6) is 1.33. The van der Waals surface area contributed by atoms with Gasteiger partial charge in [-0.1, -0.05) is 71.9 Å². The van der Waals surface area contributed by atoms with Gasteiger partial charge in [-0.25, -0.2) is 0 Å². The topological polar surface area (TPSA) is 55.5 Å². The maximum Gasteiger partial charge on any atom is 0.118 e. The summed E-state index contributed by atoms with van der Waals surface area (Å²) in [6, 6.07) is 7.20. The fourth-order valence-corrected chi connectivity index (χ4v) is 2.31. The molecule has 1 rings (SSSR count). The van der Waals surface area contributed by atoms with Crippen LogP contribution < -0.4 is 10.5 Å². The highest BCUT2D eigenvalue weighted by atomic mass is 16.5. The van der Waals surface area contributed by atoms with Crippen LogP contribution in [0, 0.1) is 5.92 Å². The Balaban J connectivity index is 0.000000688. The van der Waals surface area contributed by atoms with Gasteiger partial charge in [0.25, 0.3) is 0 Å². The Kier molecular flexibility index (Phi) is 12.8. The second kappa shape index (κ2) is 13.4. The van der Waals surface area contributed by atoms with Crippen LogP contribution in [0.5, 0.6) is 5.75 Å². The lowest BCUT2D eigenvalue weighted by molar-refractivity contribution is 0.134. The van der Waals surface area contributed by atoms with Crippen LogP contribution in [0.3, 0.4) is 0 Å². The fourth-order valence-electron chi connectivity index (χ4n) is 2.31. The van der Waals surface area contributed by atoms with E-state index in [1.807, 2.05) is 24.3 Å². The number of ether oxygens (including phenoxy) is 1. The van der Waals surface area contributed by atoms with Gasteiger partial charge in [0.05, 0.1) is 13.2 Å². The van der Waals surface area contributed by atoms with Gasteiger partial charge in [-0.3, -0.25) is 0 Å². The van der Waals surface area contributed by atoms with Crippen LogP contribution in [0.25, 0.3) is 0 Å². The standard InChI is InChI=1S/C14H23NO2.C6H14/c1-4-10(2)9-13(15)14(16)11-5-7-12(17-3)8-6-11;1-3-5-6-4-2/h5-8,10,13-14,16H,4,9,15H2,1-3H3;3-6H2,1-2H3/t10?,13-,14-;/m1./s1. The number of aliphatic hydroxyl groups excluding tert-OH is 1. The smallest absolute Gasteiger partial charge is 0.118 e. The maximum absolute atomic E-state index is 10.1. The number of unbranched alkanes of at least 4 members (excludes halogenated alkanes) is 3. The quantitative estimate of drug-likeness (QED) is 0.623. The van der Waals surface area contributed by atoms with E-state index in [4.69, 9.17) is 10.5 Å². The fraction of sp³-hybridized carbons (Fsp3) is 0.700. The highest BCUT2D eigenvalue weighted by Gasteiger charge is 2.18. The molecule has 1 unspecified atom stereocenters. The van der Waals surface area contributed by atoms with E-state index in [1.165, 1.54) is 25.7 Å². The molecule has 0 aromatic heterocycles. The third kappa shape index (κ3) is 9.62. The van der Waals surface area contributed by atoms with E-state index in [-0.39, 0.29) is 6.04 Å². The molecule has 0 aliphatic rings. The minimum atomic E-state index is -0.602. The van der Waals surface area contributed by atoms with Crippen molar-refractivity contribution < 1.29 is 9.84 Å². The van der Waals surface area contributed by atoms with Crippen molar-refractivity contribution in [2.45, 2.75) is 78.4 Å². The van der Waals surface area contributed by atoms with Crippen molar-refractivity contribution in [3.05, 3.63) is 29.8 Å². The number of hydrogen-bond acceptors (Lipinski definition) is 3. The second-order valence-corrected chi connectivity index (χ2v) is 6.34. The first-order valence-electron chi connectivity index (χ1n) is 9.07. The van der Waals surface area contributed by atoms with Crippen molar-refractivity contribution in [1.29, 1.82) is 0 Å². The van der Waals surface area contributed by atoms with Gasteiger partial charge in [0.2, 0.25) is 0 Å². The van der Waals surface area contributed by atoms with Crippen molar-refractivity contribution in [2.75, 3.05) is 7.11 Å². The van der Waals surface area contributed by atoms with E-state index in [9.17, 15) is 5.11 Å². The highest BCUT2D eigenvalue weighted by Crippen LogP contribution is 2.23. The van der Waals surface area contributed by atoms with Gasteiger partial charge in [0, 0.05) is 6.04 Å². The van der Waals surface area contributed by atoms with E-state index in [0.717, 1.165) is 24.2 Å². The van der Waals surface area contributed by atoms with E-state index < -0.39 is 6.10 Å². The average molecular weight is 324 g/mol. The summed E-state index contributed by atoms with van der Waals surface area (Å²) in [5, 5.41) is 10.1. The van der Waals surface area contributed by atoms with Crippen LogP contribution in [0.15, 0.2) is 24.3 Å². The molecular weight excluding hydrogens is 286 g/mol. The average Bonchev–Trinajstić information content (AvgIpc) is 2.59. The summed E-state index contributed by atoms with van der Waals surface area (Å²) < 4.78 is 5.08. The molecule has 3 atom stereocenters. The molecule has 0 radical (unpaired) electrons. The molecule has 0 heterocycles. The summed E-state index contributed by atoms with van der Waals surface area (Å²) in [6.45, 7) is 8.75. The predicted molar refractivity (Wildman–Crippen MR) is 99.8 cm³/mol. The van der Waals surface area contributed by atoms with Crippen LogP contribution in [0.1, 0.15) is 77.9 Å². The van der Waals surface area contributed by atoms with Crippen molar-refractivity contribution in [1.82, 2.24) is 0 Å². The largest absolute Gasteiger partial charge is 0.497 e. The number of aliphatic hydroxyl groups is 1. The van der Waals surface area contributed by atoms with Gasteiger partial charge in [-0.2, -0.15) is 0 Å². The van der Waals surface area contributed by atoms with Gasteiger partial charge in [-0.05, 0) is 30.0 Å². The molecule has 134 valence electrons. The summed E-state index contributed by atoms with van der Waals surface area (Å²) in [6.07, 6.45) is 6.86. The molecule has 0 fully saturated rings. The Morgan fingerprint density at radius 3 is 1.96 bits per heavy atom. The number of methoxy groups -OCH3 is 1. The second-order valence-electron chi connectivity index (χ2n) is 6.34. The zero-order valence-electron chi connectivity index (χ0n) is 15.7. The minimum Gasteiger partial charge on any atom is -0.497 e. The van der Waals surface area contributed by atoms with E-state index in [2.05, 4.69) is 27.7 Å². The van der Waals surface area contributed by atoms with E-state index >= 15 is 0 Å². The highest BCUT2D eigenvalue weighted by molar-refractivity contribution is 5.29. The monoisotopic (exact) mass is 323 g/mol. The molecule has 3 N–H and O–H groups in total. The number of nitrogens with two attached hydrogens (primary N) is 1. The van der Waals surface area contributed by atoms with E-state index in [1.54, 1.807) is 7.11 Å². The number of rotatable bonds is 9. The summed E-state index contributed by atoms with van der Waals surface area (Å²) in [4.78, 5) is 0. The Bertz CT molecular complexity index is 374. The van der Waals surface area contributed by atoms with Crippen molar-refractivity contribution in [3.8, 4) is 5.75 Å². The first-order valence-corrected chi connectivity index (χ1v) is 9.07. The van der Waals surface area contributed by atoms with E-state index in [0.29, 0.717) is 5.92 Å². The summed E-state index contributed by atoms with van der Waals surface area (Å²) in [5.41, 5.74) is 6.86. The normalized spacial score (nSPS) is 14.4. The van der Waals surface area contributed by atoms with Crippen molar-refractivity contribution in [2.24, 2.45) is 11.7 Å². The van der Waals surface area contributed by atoms with Gasteiger partial charge in [0.15, 0.2) is 0 Å². The number of hydrogen-bond donors (Lipinski definition) is 2. The van der Waals surface area contributed by atoms with Gasteiger partial charge in [-0.15, -0.1) is 0 Å². The van der Waals surface area contributed by atoms with Gasteiger partial charge in [0.1, 0.15) is 5.75 Å². The van der Waals surface area contributed by atoms with Crippen molar-refractivity contribution >= 4 is 0 Å². The molecule has 0 bridgehead atoms. The molecule has 23 heavy (non-hydrogen) atoms. The first-order chi connectivity index (χ1) is 11.0. The third-order valence-electron chi connectivity index (χ3n) is 4.19. The lowest BCUT2D eigenvalue weighted by atomic mass is 9.93. The molecule has 3 nitrogen and oxygen atoms in total. The van der Waals surface area contributed by atoms with Gasteiger partial charge < -0.3 is 15.6 Å². The molecule has 0 aliphatic heterocycles. The molecule has 3 heteroatoms. The molecule has 1 aromatic carbocycles. The van der Waals surface area contributed by atoms with Gasteiger partial charge >= 0.3 is 0 Å². The Morgan fingerprint density at radius 1 is 1.04 bits per heavy atom. The third-order valence-corrected chi connectivity index (χ3v) is 4.19.